The Morgan fingerprint density at radius 1 is 1.31 bits per heavy atom. The van der Waals surface area contributed by atoms with Crippen LogP contribution in [0.1, 0.15) is 11.3 Å². The third-order valence-electron chi connectivity index (χ3n) is 2.24. The Balaban J connectivity index is 2.66. The Kier molecular flexibility index (Phi) is 2.52. The second-order valence-corrected chi connectivity index (χ2v) is 3.40. The molecule has 2 rings (SSSR count). The minimum Gasteiger partial charge on any atom is -0.398 e. The molecule has 0 aliphatic heterocycles. The van der Waals surface area contributed by atoms with Gasteiger partial charge in [-0.15, -0.1) is 0 Å². The van der Waals surface area contributed by atoms with Gasteiger partial charge in [-0.25, -0.2) is 9.97 Å². The number of rotatable bonds is 1. The van der Waals surface area contributed by atoms with E-state index in [0.29, 0.717) is 22.6 Å². The van der Waals surface area contributed by atoms with Gasteiger partial charge in [0.05, 0.1) is 11.3 Å². The number of nitriles is 1. The van der Waals surface area contributed by atoms with Gasteiger partial charge in [0.1, 0.15) is 6.07 Å². The number of nitrogens with zero attached hydrogens (tertiary/aromatic N) is 3. The molecule has 1 aromatic carbocycles. The molecule has 0 unspecified atom stereocenters. The molecule has 0 fully saturated rings. The molecule has 16 heavy (non-hydrogen) atoms. The third-order valence-corrected chi connectivity index (χ3v) is 2.24. The van der Waals surface area contributed by atoms with Crippen molar-refractivity contribution in [3.8, 4) is 17.5 Å². The highest BCUT2D eigenvalue weighted by Gasteiger charge is 2.09. The summed E-state index contributed by atoms with van der Waals surface area (Å²) in [5.41, 5.74) is 8.13. The van der Waals surface area contributed by atoms with Gasteiger partial charge in [0, 0.05) is 17.5 Å². The van der Waals surface area contributed by atoms with Crippen molar-refractivity contribution in [1.29, 1.82) is 5.26 Å². The highest BCUT2D eigenvalue weighted by atomic mass is 14.9. The molecule has 0 atom stereocenters. The van der Waals surface area contributed by atoms with E-state index < -0.39 is 0 Å². The molecule has 0 amide bonds. The minimum absolute atomic E-state index is 0.424. The molecule has 0 aliphatic rings. The lowest BCUT2D eigenvalue weighted by molar-refractivity contribution is 1.11. The zero-order valence-corrected chi connectivity index (χ0v) is 8.81. The number of nitrogen functional groups attached to an aromatic ring is 1. The van der Waals surface area contributed by atoms with Gasteiger partial charge in [0.25, 0.3) is 0 Å². The third kappa shape index (κ3) is 1.71. The molecule has 0 radical (unpaired) electrons. The summed E-state index contributed by atoms with van der Waals surface area (Å²) >= 11 is 0. The molecule has 1 aromatic heterocycles. The van der Waals surface area contributed by atoms with Crippen molar-refractivity contribution in [1.82, 2.24) is 9.97 Å². The van der Waals surface area contributed by atoms with Crippen LogP contribution < -0.4 is 5.73 Å². The fourth-order valence-electron chi connectivity index (χ4n) is 1.46. The molecule has 2 N–H and O–H groups in total. The fraction of sp³-hybridized carbons (Fsp3) is 0.0833. The Hall–Kier alpha value is -2.41. The smallest absolute Gasteiger partial charge is 0.160 e. The van der Waals surface area contributed by atoms with Crippen LogP contribution in [0.15, 0.2) is 30.5 Å². The highest BCUT2D eigenvalue weighted by Crippen LogP contribution is 2.24. The molecular formula is C12H10N4. The SMILES string of the molecule is Cc1ccnc(-c2cccc(N)c2C#N)n1. The average molecular weight is 210 g/mol. The molecular weight excluding hydrogens is 200 g/mol. The van der Waals surface area contributed by atoms with Gasteiger partial charge in [-0.2, -0.15) is 5.26 Å². The zero-order chi connectivity index (χ0) is 11.5. The summed E-state index contributed by atoms with van der Waals surface area (Å²) < 4.78 is 0. The number of aromatic nitrogens is 2. The van der Waals surface area contributed by atoms with Gasteiger partial charge in [-0.3, -0.25) is 0 Å². The lowest BCUT2D eigenvalue weighted by Crippen LogP contribution is -1.97. The topological polar surface area (TPSA) is 75.6 Å². The summed E-state index contributed by atoms with van der Waals surface area (Å²) in [4.78, 5) is 8.42. The first-order chi connectivity index (χ1) is 7.72. The maximum atomic E-state index is 9.04. The highest BCUT2D eigenvalue weighted by molar-refractivity contribution is 5.72. The Labute approximate surface area is 93.4 Å². The largest absolute Gasteiger partial charge is 0.398 e. The van der Waals surface area contributed by atoms with Gasteiger partial charge in [0.15, 0.2) is 5.82 Å². The minimum atomic E-state index is 0.424. The van der Waals surface area contributed by atoms with Crippen molar-refractivity contribution < 1.29 is 0 Å². The lowest BCUT2D eigenvalue weighted by atomic mass is 10.1. The first kappa shape index (κ1) is 10.1. The molecule has 4 nitrogen and oxygen atoms in total. The van der Waals surface area contributed by atoms with Crippen molar-refractivity contribution in [3.63, 3.8) is 0 Å². The van der Waals surface area contributed by atoms with Crippen LogP contribution in [0.5, 0.6) is 0 Å². The first-order valence-corrected chi connectivity index (χ1v) is 4.81. The molecule has 1 heterocycles. The molecule has 78 valence electrons. The molecule has 4 heteroatoms. The van der Waals surface area contributed by atoms with Gasteiger partial charge in [-0.05, 0) is 25.1 Å². The van der Waals surface area contributed by atoms with Crippen LogP contribution >= 0.6 is 0 Å². The number of hydrogen-bond acceptors (Lipinski definition) is 4. The average Bonchev–Trinajstić information content (AvgIpc) is 2.28. The van der Waals surface area contributed by atoms with E-state index in [-0.39, 0.29) is 0 Å². The number of benzene rings is 1. The molecule has 2 aromatic rings. The number of nitrogens with two attached hydrogens (primary N) is 1. The number of aryl methyl sites for hydroxylation is 1. The zero-order valence-electron chi connectivity index (χ0n) is 8.81. The maximum Gasteiger partial charge on any atom is 0.160 e. The van der Waals surface area contributed by atoms with Crippen molar-refractivity contribution in [3.05, 3.63) is 41.7 Å². The second kappa shape index (κ2) is 3.99. The summed E-state index contributed by atoms with van der Waals surface area (Å²) in [6.45, 7) is 1.88. The fourth-order valence-corrected chi connectivity index (χ4v) is 1.46. The lowest BCUT2D eigenvalue weighted by Gasteiger charge is -2.05. The summed E-state index contributed by atoms with van der Waals surface area (Å²) in [7, 11) is 0. The van der Waals surface area contributed by atoms with Crippen LogP contribution in [0, 0.1) is 18.3 Å². The van der Waals surface area contributed by atoms with Gasteiger partial charge in [-0.1, -0.05) is 6.07 Å². The van der Waals surface area contributed by atoms with Gasteiger partial charge >= 0.3 is 0 Å². The summed E-state index contributed by atoms with van der Waals surface area (Å²) in [6, 6.07) is 9.16. The van der Waals surface area contributed by atoms with Crippen molar-refractivity contribution >= 4 is 5.69 Å². The van der Waals surface area contributed by atoms with Crippen LogP contribution in [-0.2, 0) is 0 Å². The van der Waals surface area contributed by atoms with Crippen LogP contribution in [-0.4, -0.2) is 9.97 Å². The summed E-state index contributed by atoms with van der Waals surface area (Å²) in [6.07, 6.45) is 1.67. The van der Waals surface area contributed by atoms with E-state index in [2.05, 4.69) is 16.0 Å². The van der Waals surface area contributed by atoms with Crippen molar-refractivity contribution in [2.75, 3.05) is 5.73 Å². The number of hydrogen-bond donors (Lipinski definition) is 1. The van der Waals surface area contributed by atoms with E-state index >= 15 is 0 Å². The Morgan fingerprint density at radius 3 is 2.81 bits per heavy atom. The monoisotopic (exact) mass is 210 g/mol. The molecule has 0 saturated heterocycles. The molecule has 0 saturated carbocycles. The van der Waals surface area contributed by atoms with Gasteiger partial charge < -0.3 is 5.73 Å². The summed E-state index contributed by atoms with van der Waals surface area (Å²) in [5, 5.41) is 9.04. The van der Waals surface area contributed by atoms with Crippen molar-refractivity contribution in [2.24, 2.45) is 0 Å². The van der Waals surface area contributed by atoms with E-state index in [0.717, 1.165) is 5.69 Å². The van der Waals surface area contributed by atoms with E-state index in [1.807, 2.05) is 13.0 Å². The normalized spacial score (nSPS) is 9.75. The second-order valence-electron chi connectivity index (χ2n) is 3.40. The van der Waals surface area contributed by atoms with E-state index in [9.17, 15) is 0 Å². The summed E-state index contributed by atoms with van der Waals surface area (Å²) in [5.74, 6) is 0.531. The van der Waals surface area contributed by atoms with E-state index in [1.54, 1.807) is 24.4 Å². The molecule has 0 aliphatic carbocycles. The van der Waals surface area contributed by atoms with Crippen LogP contribution in [0.25, 0.3) is 11.4 Å². The maximum absolute atomic E-state index is 9.04. The van der Waals surface area contributed by atoms with Crippen LogP contribution in [0.2, 0.25) is 0 Å². The number of anilines is 1. The van der Waals surface area contributed by atoms with Crippen LogP contribution in [0.4, 0.5) is 5.69 Å². The standard InChI is InChI=1S/C12H10N4/c1-8-5-6-15-12(16-8)9-3-2-4-11(14)10(9)7-13/h2-6H,14H2,1H3. The molecule has 0 bridgehead atoms. The Bertz CT molecular complexity index is 569. The van der Waals surface area contributed by atoms with Crippen molar-refractivity contribution in [2.45, 2.75) is 6.92 Å². The van der Waals surface area contributed by atoms with Crippen LogP contribution in [0.3, 0.4) is 0 Å². The molecule has 0 spiro atoms. The Morgan fingerprint density at radius 2 is 2.12 bits per heavy atom. The van der Waals surface area contributed by atoms with E-state index in [4.69, 9.17) is 11.0 Å². The first-order valence-electron chi connectivity index (χ1n) is 4.81. The predicted octanol–water partition coefficient (Wildman–Crippen LogP) is 1.91. The predicted molar refractivity (Wildman–Crippen MR) is 61.3 cm³/mol. The quantitative estimate of drug-likeness (QED) is 0.729. The van der Waals surface area contributed by atoms with E-state index in [1.165, 1.54) is 0 Å². The van der Waals surface area contributed by atoms with Gasteiger partial charge in [0.2, 0.25) is 0 Å².